The summed E-state index contributed by atoms with van der Waals surface area (Å²) in [5.41, 5.74) is 0. The van der Waals surface area contributed by atoms with E-state index in [-0.39, 0.29) is 25.7 Å². The van der Waals surface area contributed by atoms with E-state index < -0.39 is 97.5 Å². The first-order valence-electron chi connectivity index (χ1n) is 27.3. The molecular weight excluding hydrogens is 946 g/mol. The maximum absolute atomic E-state index is 12.8. The van der Waals surface area contributed by atoms with Gasteiger partial charge in [-0.15, -0.1) is 0 Å². The van der Waals surface area contributed by atoms with Gasteiger partial charge in [-0.3, -0.25) is 37.3 Å². The van der Waals surface area contributed by atoms with Crippen molar-refractivity contribution in [3.63, 3.8) is 0 Å². The van der Waals surface area contributed by atoms with Crippen LogP contribution in [0.3, 0.4) is 0 Å². The van der Waals surface area contributed by atoms with Gasteiger partial charge in [0.1, 0.15) is 19.3 Å². The Bertz CT molecular complexity index is 1390. The van der Waals surface area contributed by atoms with Crippen LogP contribution < -0.4 is 0 Å². The van der Waals surface area contributed by atoms with Crippen LogP contribution in [0.1, 0.15) is 246 Å². The molecule has 0 aliphatic carbocycles. The Morgan fingerprint density at radius 3 is 0.843 bits per heavy atom. The zero-order valence-corrected chi connectivity index (χ0v) is 45.8. The van der Waals surface area contributed by atoms with Crippen molar-refractivity contribution in [2.45, 2.75) is 264 Å². The SMILES string of the molecule is CCCCCCCCCCCC(=O)OC[C@H](COP(=O)(O)OC[C@@H](O)COP(=O)(O)OC[C@@H](COC(=O)CCCCCCC)OC(=O)CCCCCCCCC)OC(=O)CCCCCCCCCCC. The highest BCUT2D eigenvalue weighted by Crippen LogP contribution is 2.45. The summed E-state index contributed by atoms with van der Waals surface area (Å²) in [6.45, 7) is 4.63. The molecule has 414 valence electrons. The minimum absolute atomic E-state index is 0.103. The van der Waals surface area contributed by atoms with Crippen molar-refractivity contribution in [2.75, 3.05) is 39.6 Å². The fourth-order valence-electron chi connectivity index (χ4n) is 7.34. The van der Waals surface area contributed by atoms with Crippen molar-refractivity contribution in [3.8, 4) is 0 Å². The average molecular weight is 1050 g/mol. The van der Waals surface area contributed by atoms with E-state index in [4.69, 9.17) is 37.0 Å². The standard InChI is InChI=1S/C51H98O17P2/c1-5-9-13-17-20-22-25-28-32-36-49(54)62-42-47(68-51(56)38-34-30-26-23-21-18-14-10-6-2)44-66-70(59,60)64-40-45(52)39-63-69(57,58)65-43-46(41-61-48(53)35-31-27-16-12-8-4)67-50(55)37-33-29-24-19-15-11-7-3/h45-47,52H,5-44H2,1-4H3,(H,57,58)(H,59,60)/t45-,46+,47+/m0/s1. The van der Waals surface area contributed by atoms with Gasteiger partial charge in [0, 0.05) is 25.7 Å². The van der Waals surface area contributed by atoms with Crippen LogP contribution in [0.4, 0.5) is 0 Å². The van der Waals surface area contributed by atoms with Crippen molar-refractivity contribution in [1.29, 1.82) is 0 Å². The molecule has 5 atom stereocenters. The number of aliphatic hydroxyl groups is 1. The van der Waals surface area contributed by atoms with Gasteiger partial charge in [-0.25, -0.2) is 9.13 Å². The van der Waals surface area contributed by atoms with Gasteiger partial charge in [0.05, 0.1) is 26.4 Å². The number of unbranched alkanes of at least 4 members (excludes halogenated alkanes) is 26. The molecule has 0 heterocycles. The number of aliphatic hydroxyl groups excluding tert-OH is 1. The number of phosphoric ester groups is 2. The van der Waals surface area contributed by atoms with Crippen molar-refractivity contribution in [3.05, 3.63) is 0 Å². The van der Waals surface area contributed by atoms with Crippen LogP contribution in [0.25, 0.3) is 0 Å². The van der Waals surface area contributed by atoms with E-state index in [9.17, 15) is 43.2 Å². The Morgan fingerprint density at radius 2 is 0.571 bits per heavy atom. The van der Waals surface area contributed by atoms with Crippen LogP contribution in [0.5, 0.6) is 0 Å². The molecule has 0 radical (unpaired) electrons. The molecule has 0 spiro atoms. The number of phosphoric acid groups is 2. The third-order valence-corrected chi connectivity index (χ3v) is 13.5. The minimum Gasteiger partial charge on any atom is -0.462 e. The molecule has 0 saturated heterocycles. The normalized spacial score (nSPS) is 14.6. The van der Waals surface area contributed by atoms with Crippen LogP contribution in [0, 0.1) is 0 Å². The Hall–Kier alpha value is -1.94. The lowest BCUT2D eigenvalue weighted by molar-refractivity contribution is -0.161. The first-order chi connectivity index (χ1) is 33.7. The van der Waals surface area contributed by atoms with Gasteiger partial charge < -0.3 is 33.8 Å². The molecule has 0 fully saturated rings. The van der Waals surface area contributed by atoms with Crippen molar-refractivity contribution >= 4 is 39.5 Å². The molecule has 0 bridgehead atoms. The van der Waals surface area contributed by atoms with Crippen LogP contribution in [0.2, 0.25) is 0 Å². The molecule has 17 nitrogen and oxygen atoms in total. The van der Waals surface area contributed by atoms with Gasteiger partial charge in [-0.1, -0.05) is 195 Å². The summed E-state index contributed by atoms with van der Waals surface area (Å²) in [5.74, 6) is -2.17. The molecule has 0 aliphatic rings. The van der Waals surface area contributed by atoms with Crippen molar-refractivity contribution in [2.24, 2.45) is 0 Å². The molecule has 0 saturated carbocycles. The van der Waals surface area contributed by atoms with E-state index >= 15 is 0 Å². The van der Waals surface area contributed by atoms with Gasteiger partial charge in [0.15, 0.2) is 12.2 Å². The lowest BCUT2D eigenvalue weighted by Gasteiger charge is -2.21. The maximum atomic E-state index is 12.8. The molecule has 0 aromatic heterocycles. The quantitative estimate of drug-likeness (QED) is 0.0222. The summed E-state index contributed by atoms with van der Waals surface area (Å²) in [4.78, 5) is 71.1. The summed E-state index contributed by atoms with van der Waals surface area (Å²) in [6, 6.07) is 0. The van der Waals surface area contributed by atoms with Crippen molar-refractivity contribution in [1.82, 2.24) is 0 Å². The highest BCUT2D eigenvalue weighted by atomic mass is 31.2. The summed E-state index contributed by atoms with van der Waals surface area (Å²) in [6.07, 6.45) is 27.1. The third-order valence-electron chi connectivity index (χ3n) is 11.6. The summed E-state index contributed by atoms with van der Waals surface area (Å²) in [5, 5.41) is 10.4. The highest BCUT2D eigenvalue weighted by molar-refractivity contribution is 7.47. The van der Waals surface area contributed by atoms with E-state index in [1.54, 1.807) is 0 Å². The average Bonchev–Trinajstić information content (AvgIpc) is 3.33. The van der Waals surface area contributed by atoms with Crippen LogP contribution in [-0.2, 0) is 65.4 Å². The molecule has 0 aliphatic heterocycles. The number of hydrogen-bond donors (Lipinski definition) is 3. The number of carbonyl (C=O) groups is 4. The lowest BCUT2D eigenvalue weighted by Crippen LogP contribution is -2.30. The van der Waals surface area contributed by atoms with Crippen LogP contribution in [-0.4, -0.2) is 96.7 Å². The second kappa shape index (κ2) is 46.8. The molecule has 0 amide bonds. The number of carbonyl (C=O) groups excluding carboxylic acids is 4. The van der Waals surface area contributed by atoms with E-state index in [2.05, 4.69) is 27.7 Å². The molecule has 70 heavy (non-hydrogen) atoms. The largest absolute Gasteiger partial charge is 0.472 e. The third kappa shape index (κ3) is 45.9. The van der Waals surface area contributed by atoms with Gasteiger partial charge in [0.2, 0.25) is 0 Å². The highest BCUT2D eigenvalue weighted by Gasteiger charge is 2.30. The van der Waals surface area contributed by atoms with E-state index in [0.717, 1.165) is 109 Å². The second-order valence-electron chi connectivity index (χ2n) is 18.6. The van der Waals surface area contributed by atoms with Crippen LogP contribution in [0.15, 0.2) is 0 Å². The summed E-state index contributed by atoms with van der Waals surface area (Å²) in [7, 11) is -9.84. The fourth-order valence-corrected chi connectivity index (χ4v) is 8.91. The molecular formula is C51H98O17P2. The Kier molecular flexibility index (Phi) is 45.5. The van der Waals surface area contributed by atoms with E-state index in [0.29, 0.717) is 25.7 Å². The van der Waals surface area contributed by atoms with Gasteiger partial charge in [-0.2, -0.15) is 0 Å². The molecule has 19 heteroatoms. The monoisotopic (exact) mass is 1040 g/mol. The molecule has 0 aromatic rings. The number of hydrogen-bond acceptors (Lipinski definition) is 15. The Balaban J connectivity index is 5.17. The van der Waals surface area contributed by atoms with Gasteiger partial charge in [-0.05, 0) is 25.7 Å². The molecule has 0 rings (SSSR count). The number of rotatable bonds is 52. The first-order valence-corrected chi connectivity index (χ1v) is 30.3. The maximum Gasteiger partial charge on any atom is 0.472 e. The minimum atomic E-state index is -4.92. The summed E-state index contributed by atoms with van der Waals surface area (Å²) < 4.78 is 67.1. The fraction of sp³-hybridized carbons (Fsp3) is 0.922. The van der Waals surface area contributed by atoms with E-state index in [1.807, 2.05) is 0 Å². The van der Waals surface area contributed by atoms with Gasteiger partial charge >= 0.3 is 39.5 Å². The van der Waals surface area contributed by atoms with Gasteiger partial charge in [0.25, 0.3) is 0 Å². The predicted octanol–water partition coefficient (Wildman–Crippen LogP) is 12.9. The van der Waals surface area contributed by atoms with Crippen molar-refractivity contribution < 1.29 is 80.2 Å². The van der Waals surface area contributed by atoms with Crippen LogP contribution >= 0.6 is 15.6 Å². The zero-order valence-electron chi connectivity index (χ0n) is 44.0. The second-order valence-corrected chi connectivity index (χ2v) is 21.5. The lowest BCUT2D eigenvalue weighted by atomic mass is 10.1. The Morgan fingerprint density at radius 1 is 0.343 bits per heavy atom. The van der Waals surface area contributed by atoms with E-state index in [1.165, 1.54) is 57.8 Å². The first kappa shape index (κ1) is 68.1. The molecule has 2 unspecified atom stereocenters. The summed E-state index contributed by atoms with van der Waals surface area (Å²) >= 11 is 0. The number of ether oxygens (including phenoxy) is 4. The smallest absolute Gasteiger partial charge is 0.462 e. The molecule has 0 aromatic carbocycles. The topological polar surface area (TPSA) is 237 Å². The number of esters is 4. The predicted molar refractivity (Wildman–Crippen MR) is 271 cm³/mol. The Labute approximate surface area is 422 Å². The molecule has 3 N–H and O–H groups in total. The zero-order chi connectivity index (χ0) is 52.0.